The molecule has 0 radical (unpaired) electrons. The number of hydrogen-bond acceptors (Lipinski definition) is 5. The molecule has 8 nitrogen and oxygen atoms in total. The number of rotatable bonds is 9. The van der Waals surface area contributed by atoms with Gasteiger partial charge in [0, 0.05) is 31.5 Å². The Hall–Kier alpha value is -3.33. The summed E-state index contributed by atoms with van der Waals surface area (Å²) in [5.41, 5.74) is 8.51. The molecule has 2 aromatic rings. The van der Waals surface area contributed by atoms with Crippen molar-refractivity contribution in [3.63, 3.8) is 0 Å². The van der Waals surface area contributed by atoms with Crippen molar-refractivity contribution >= 4 is 33.5 Å². The number of piperidine rings is 1. The third kappa shape index (κ3) is 7.08. The Bertz CT molecular complexity index is 1180. The lowest BCUT2D eigenvalue weighted by molar-refractivity contribution is 0.130. The molecule has 3 rings (SSSR count). The van der Waals surface area contributed by atoms with Crippen molar-refractivity contribution in [2.45, 2.75) is 39.7 Å². The first kappa shape index (κ1) is 26.3. The van der Waals surface area contributed by atoms with E-state index in [1.165, 1.54) is 4.31 Å². The van der Waals surface area contributed by atoms with Crippen LogP contribution >= 0.6 is 0 Å². The van der Waals surface area contributed by atoms with Gasteiger partial charge in [-0.2, -0.15) is 0 Å². The summed E-state index contributed by atoms with van der Waals surface area (Å²) in [4.78, 5) is 2.04. The quantitative estimate of drug-likeness (QED) is 0.356. The average molecular weight is 498 g/mol. The van der Waals surface area contributed by atoms with Gasteiger partial charge in [0.2, 0.25) is 10.0 Å². The highest BCUT2D eigenvalue weighted by Gasteiger charge is 2.23. The largest absolute Gasteiger partial charge is 0.490 e. The molecule has 0 unspecified atom stereocenters. The van der Waals surface area contributed by atoms with Gasteiger partial charge < -0.3 is 15.4 Å². The first-order valence-corrected chi connectivity index (χ1v) is 13.4. The number of ether oxygens (including phenoxy) is 1. The predicted molar refractivity (Wildman–Crippen MR) is 143 cm³/mol. The maximum atomic E-state index is 12.9. The smallest absolute Gasteiger partial charge is 0.235 e. The van der Waals surface area contributed by atoms with Crippen LogP contribution in [0.25, 0.3) is 6.08 Å². The highest BCUT2D eigenvalue weighted by molar-refractivity contribution is 7.92. The Morgan fingerprint density at radius 2 is 1.80 bits per heavy atom. The van der Waals surface area contributed by atoms with Crippen molar-refractivity contribution in [3.05, 3.63) is 65.2 Å². The summed E-state index contributed by atoms with van der Waals surface area (Å²) in [7, 11) is -3.50. The summed E-state index contributed by atoms with van der Waals surface area (Å²) in [6, 6.07) is 14.5. The summed E-state index contributed by atoms with van der Waals surface area (Å²) >= 11 is 0. The fourth-order valence-corrected chi connectivity index (χ4v) is 5.21. The molecule has 0 atom stereocenters. The number of nitrogens with two attached hydrogens (primary N) is 1. The van der Waals surface area contributed by atoms with E-state index < -0.39 is 10.0 Å². The van der Waals surface area contributed by atoms with Crippen LogP contribution in [0.1, 0.15) is 44.7 Å². The maximum Gasteiger partial charge on any atom is 0.235 e. The summed E-state index contributed by atoms with van der Waals surface area (Å²) in [5.74, 6) is 1.27. The molecule has 0 spiro atoms. The number of nitrogens with one attached hydrogen (secondary N) is 2. The van der Waals surface area contributed by atoms with Gasteiger partial charge in [-0.15, -0.1) is 0 Å². The van der Waals surface area contributed by atoms with Crippen LogP contribution in [0.2, 0.25) is 0 Å². The zero-order valence-corrected chi connectivity index (χ0v) is 21.4. The zero-order valence-electron chi connectivity index (χ0n) is 20.6. The van der Waals surface area contributed by atoms with E-state index in [4.69, 9.17) is 21.3 Å². The summed E-state index contributed by atoms with van der Waals surface area (Å²) in [6.45, 7) is 7.15. The minimum absolute atomic E-state index is 0.00853. The standard InChI is InChI=1S/C26H35N5O3S/c1-4-35(32,33)31(18-19(2)16-21-6-5-7-22(17-21)26(28)29)23-8-10-24(11-9-23)34-25-12-14-30(15-13-25)20(3)27/h5-11,16-17,25,27H,4,12-15,18H2,1-3H3,(H3,28,29). The van der Waals surface area contributed by atoms with Gasteiger partial charge in [-0.3, -0.25) is 15.1 Å². The highest BCUT2D eigenvalue weighted by Crippen LogP contribution is 2.26. The minimum Gasteiger partial charge on any atom is -0.490 e. The van der Waals surface area contributed by atoms with Crippen LogP contribution in [0.3, 0.4) is 0 Å². The Morgan fingerprint density at radius 1 is 1.14 bits per heavy atom. The number of amidine groups is 2. The van der Waals surface area contributed by atoms with Gasteiger partial charge in [-0.25, -0.2) is 8.42 Å². The third-order valence-corrected chi connectivity index (χ3v) is 7.79. The average Bonchev–Trinajstić information content (AvgIpc) is 2.83. The Morgan fingerprint density at radius 3 is 2.37 bits per heavy atom. The molecule has 0 amide bonds. The Labute approximate surface area is 208 Å². The Kier molecular flexibility index (Phi) is 8.56. The van der Waals surface area contributed by atoms with Gasteiger partial charge in [0.05, 0.1) is 23.8 Å². The third-order valence-electron chi connectivity index (χ3n) is 6.05. The molecule has 1 aliphatic rings. The second-order valence-electron chi connectivity index (χ2n) is 8.82. The lowest BCUT2D eigenvalue weighted by Gasteiger charge is -2.33. The van der Waals surface area contributed by atoms with E-state index in [1.807, 2.05) is 48.2 Å². The van der Waals surface area contributed by atoms with Gasteiger partial charge in [0.1, 0.15) is 17.7 Å². The van der Waals surface area contributed by atoms with E-state index in [0.29, 0.717) is 22.8 Å². The molecule has 0 bridgehead atoms. The van der Waals surface area contributed by atoms with Crippen molar-refractivity contribution in [2.75, 3.05) is 29.7 Å². The number of sulfonamides is 1. The van der Waals surface area contributed by atoms with E-state index in [2.05, 4.69) is 0 Å². The molecule has 1 saturated heterocycles. The first-order valence-electron chi connectivity index (χ1n) is 11.8. The topological polar surface area (TPSA) is 124 Å². The number of nitrogens with zero attached hydrogens (tertiary/aromatic N) is 2. The van der Waals surface area contributed by atoms with Gasteiger partial charge in [0.15, 0.2) is 0 Å². The van der Waals surface area contributed by atoms with E-state index in [0.717, 1.165) is 37.1 Å². The van der Waals surface area contributed by atoms with Gasteiger partial charge >= 0.3 is 0 Å². The van der Waals surface area contributed by atoms with Crippen molar-refractivity contribution in [1.82, 2.24) is 4.90 Å². The normalized spacial score (nSPS) is 15.1. The number of likely N-dealkylation sites (tertiary alicyclic amines) is 1. The second-order valence-corrected chi connectivity index (χ2v) is 11.0. The van der Waals surface area contributed by atoms with Gasteiger partial charge in [-0.05, 0) is 56.7 Å². The van der Waals surface area contributed by atoms with Crippen molar-refractivity contribution in [2.24, 2.45) is 5.73 Å². The molecule has 1 fully saturated rings. The SMILES string of the molecule is CCS(=O)(=O)N(CC(C)=Cc1cccc(C(=N)N)c1)c1ccc(OC2CCN(C(C)=N)CC2)cc1. The number of benzene rings is 2. The van der Waals surface area contributed by atoms with Gasteiger partial charge in [0.25, 0.3) is 0 Å². The van der Waals surface area contributed by atoms with Crippen molar-refractivity contribution < 1.29 is 13.2 Å². The van der Waals surface area contributed by atoms with Crippen LogP contribution in [0, 0.1) is 10.8 Å². The zero-order chi connectivity index (χ0) is 25.6. The minimum atomic E-state index is -3.50. The lowest BCUT2D eigenvalue weighted by atomic mass is 10.1. The molecule has 188 valence electrons. The summed E-state index contributed by atoms with van der Waals surface area (Å²) < 4.78 is 33.4. The molecule has 0 aliphatic carbocycles. The van der Waals surface area contributed by atoms with Crippen LogP contribution in [0.4, 0.5) is 5.69 Å². The molecule has 35 heavy (non-hydrogen) atoms. The summed E-state index contributed by atoms with van der Waals surface area (Å²) in [5, 5.41) is 15.4. The molecule has 1 heterocycles. The van der Waals surface area contributed by atoms with Crippen LogP contribution in [-0.2, 0) is 10.0 Å². The van der Waals surface area contributed by atoms with Gasteiger partial charge in [-0.1, -0.05) is 29.8 Å². The van der Waals surface area contributed by atoms with E-state index in [1.54, 1.807) is 32.0 Å². The second kappa shape index (κ2) is 11.4. The molecule has 4 N–H and O–H groups in total. The monoisotopic (exact) mass is 497 g/mol. The maximum absolute atomic E-state index is 12.9. The predicted octanol–water partition coefficient (Wildman–Crippen LogP) is 4.07. The first-order chi connectivity index (χ1) is 16.6. The fraction of sp³-hybridized carbons (Fsp3) is 0.385. The molecular formula is C26H35N5O3S. The van der Waals surface area contributed by atoms with Crippen molar-refractivity contribution in [1.29, 1.82) is 10.8 Å². The highest BCUT2D eigenvalue weighted by atomic mass is 32.2. The molecular weight excluding hydrogens is 462 g/mol. The van der Waals surface area contributed by atoms with E-state index in [9.17, 15) is 8.42 Å². The molecule has 9 heteroatoms. The molecule has 0 saturated carbocycles. The van der Waals surface area contributed by atoms with Crippen LogP contribution < -0.4 is 14.8 Å². The number of anilines is 1. The van der Waals surface area contributed by atoms with Crippen LogP contribution in [0.15, 0.2) is 54.1 Å². The lowest BCUT2D eigenvalue weighted by Crippen LogP contribution is -2.40. The fourth-order valence-electron chi connectivity index (χ4n) is 4.05. The van der Waals surface area contributed by atoms with Crippen LogP contribution in [0.5, 0.6) is 5.75 Å². The molecule has 1 aliphatic heterocycles. The van der Waals surface area contributed by atoms with E-state index >= 15 is 0 Å². The summed E-state index contributed by atoms with van der Waals surface area (Å²) in [6.07, 6.45) is 3.69. The molecule has 2 aromatic carbocycles. The van der Waals surface area contributed by atoms with E-state index in [-0.39, 0.29) is 24.2 Å². The van der Waals surface area contributed by atoms with Crippen LogP contribution in [-0.4, -0.2) is 56.5 Å². The number of hydrogen-bond donors (Lipinski definition) is 3. The number of nitrogen functional groups attached to an aromatic ring is 1. The van der Waals surface area contributed by atoms with Crippen molar-refractivity contribution in [3.8, 4) is 5.75 Å². The Balaban J connectivity index is 1.74. The molecule has 0 aromatic heterocycles.